The first-order chi connectivity index (χ1) is 8.77. The van der Waals surface area contributed by atoms with Gasteiger partial charge in [0.1, 0.15) is 6.33 Å². The van der Waals surface area contributed by atoms with E-state index in [-0.39, 0.29) is 5.65 Å². The van der Waals surface area contributed by atoms with Crippen molar-refractivity contribution in [3.05, 3.63) is 59.3 Å². The summed E-state index contributed by atoms with van der Waals surface area (Å²) in [7, 11) is 0. The number of aromatic nitrogens is 3. The average molecular weight is 239 g/mol. The fraction of sp³-hybridized carbons (Fsp3) is 0. The second-order valence-electron chi connectivity index (χ2n) is 3.83. The molecule has 1 N–H and O–H groups in total. The number of hydrogen-bond acceptors (Lipinski definition) is 4. The summed E-state index contributed by atoms with van der Waals surface area (Å²) in [4.78, 5) is 19.5. The summed E-state index contributed by atoms with van der Waals surface area (Å²) < 4.78 is 0.531. The van der Waals surface area contributed by atoms with E-state index in [1.165, 1.54) is 12.4 Å². The van der Waals surface area contributed by atoms with Gasteiger partial charge in [0.05, 0.1) is 0 Å². The molecule has 3 rings (SSSR count). The zero-order valence-corrected chi connectivity index (χ0v) is 9.32. The zero-order valence-electron chi connectivity index (χ0n) is 9.32. The van der Waals surface area contributed by atoms with Gasteiger partial charge in [0.15, 0.2) is 5.65 Å². The zero-order chi connectivity index (χ0) is 12.5. The van der Waals surface area contributed by atoms with E-state index in [0.717, 1.165) is 5.56 Å². The molecule has 0 atom stereocenters. The number of rotatable bonds is 1. The van der Waals surface area contributed by atoms with Crippen LogP contribution in [0.1, 0.15) is 0 Å². The van der Waals surface area contributed by atoms with Gasteiger partial charge in [0.2, 0.25) is 0 Å². The molecule has 18 heavy (non-hydrogen) atoms. The van der Waals surface area contributed by atoms with Crippen molar-refractivity contribution in [3.63, 3.8) is 0 Å². The SMILES string of the molecule is O=c1cc(-c2ccccc2)c2cncnc2n1O. The van der Waals surface area contributed by atoms with Crippen LogP contribution in [0, 0.1) is 0 Å². The van der Waals surface area contributed by atoms with Crippen LogP contribution >= 0.6 is 0 Å². The minimum atomic E-state index is -0.514. The molecular weight excluding hydrogens is 230 g/mol. The summed E-state index contributed by atoms with van der Waals surface area (Å²) in [5.74, 6) is 0. The van der Waals surface area contributed by atoms with Gasteiger partial charge in [-0.1, -0.05) is 30.3 Å². The molecule has 0 saturated heterocycles. The molecule has 1 aromatic carbocycles. The number of nitrogens with zero attached hydrogens (tertiary/aromatic N) is 3. The van der Waals surface area contributed by atoms with Crippen molar-refractivity contribution in [1.29, 1.82) is 0 Å². The van der Waals surface area contributed by atoms with Gasteiger partial charge in [-0.3, -0.25) is 4.79 Å². The smallest absolute Gasteiger partial charge is 0.285 e. The average Bonchev–Trinajstić information content (AvgIpc) is 2.44. The maximum absolute atomic E-state index is 11.7. The maximum Gasteiger partial charge on any atom is 0.285 e. The van der Waals surface area contributed by atoms with E-state index in [0.29, 0.717) is 15.7 Å². The molecule has 0 radical (unpaired) electrons. The number of benzene rings is 1. The van der Waals surface area contributed by atoms with Crippen molar-refractivity contribution in [3.8, 4) is 11.1 Å². The minimum Gasteiger partial charge on any atom is -0.423 e. The number of hydrogen-bond donors (Lipinski definition) is 1. The van der Waals surface area contributed by atoms with Crippen LogP contribution in [0.3, 0.4) is 0 Å². The normalized spacial score (nSPS) is 10.7. The quantitative estimate of drug-likeness (QED) is 0.656. The highest BCUT2D eigenvalue weighted by Gasteiger charge is 2.10. The molecule has 0 amide bonds. The van der Waals surface area contributed by atoms with Crippen molar-refractivity contribution < 1.29 is 5.21 Å². The standard InChI is InChI=1S/C13H9N3O2/c17-12-6-10(9-4-2-1-3-5-9)11-7-14-8-15-13(11)16(12)18/h1-8,18H. The Balaban J connectivity index is 2.44. The summed E-state index contributed by atoms with van der Waals surface area (Å²) in [6.45, 7) is 0. The van der Waals surface area contributed by atoms with Crippen LogP contribution in [0.25, 0.3) is 22.2 Å². The van der Waals surface area contributed by atoms with E-state index in [4.69, 9.17) is 0 Å². The third kappa shape index (κ3) is 1.53. The Bertz CT molecular complexity index is 766. The third-order valence-electron chi connectivity index (χ3n) is 2.74. The topological polar surface area (TPSA) is 68.0 Å². The lowest BCUT2D eigenvalue weighted by atomic mass is 10.0. The van der Waals surface area contributed by atoms with Gasteiger partial charge in [-0.2, -0.15) is 0 Å². The summed E-state index contributed by atoms with van der Waals surface area (Å²) in [5, 5.41) is 10.3. The minimum absolute atomic E-state index is 0.205. The van der Waals surface area contributed by atoms with Crippen molar-refractivity contribution in [1.82, 2.24) is 14.7 Å². The Morgan fingerprint density at radius 2 is 1.94 bits per heavy atom. The Hall–Kier alpha value is -2.69. The molecule has 5 heteroatoms. The summed E-state index contributed by atoms with van der Waals surface area (Å²) in [6.07, 6.45) is 2.88. The molecule has 2 heterocycles. The van der Waals surface area contributed by atoms with E-state index in [2.05, 4.69) is 9.97 Å². The molecule has 5 nitrogen and oxygen atoms in total. The van der Waals surface area contributed by atoms with E-state index < -0.39 is 5.56 Å². The van der Waals surface area contributed by atoms with Crippen LogP contribution < -0.4 is 5.56 Å². The fourth-order valence-electron chi connectivity index (χ4n) is 1.91. The molecule has 88 valence electrons. The largest absolute Gasteiger partial charge is 0.423 e. The molecular formula is C13H9N3O2. The van der Waals surface area contributed by atoms with Crippen LogP contribution in [0.15, 0.2) is 53.7 Å². The Morgan fingerprint density at radius 1 is 1.17 bits per heavy atom. The highest BCUT2D eigenvalue weighted by Crippen LogP contribution is 2.24. The van der Waals surface area contributed by atoms with E-state index in [9.17, 15) is 10.0 Å². The highest BCUT2D eigenvalue weighted by atomic mass is 16.5. The van der Waals surface area contributed by atoms with Crippen LogP contribution in [-0.4, -0.2) is 19.9 Å². The van der Waals surface area contributed by atoms with Gasteiger partial charge in [-0.15, -0.1) is 4.73 Å². The molecule has 3 aromatic rings. The summed E-state index contributed by atoms with van der Waals surface area (Å²) >= 11 is 0. The Morgan fingerprint density at radius 3 is 2.72 bits per heavy atom. The number of pyridine rings is 1. The molecule has 0 fully saturated rings. The summed E-state index contributed by atoms with van der Waals surface area (Å²) in [5.41, 5.74) is 1.29. The van der Waals surface area contributed by atoms with Gasteiger partial charge < -0.3 is 5.21 Å². The molecule has 0 unspecified atom stereocenters. The monoisotopic (exact) mass is 239 g/mol. The first-order valence-electron chi connectivity index (χ1n) is 5.38. The van der Waals surface area contributed by atoms with E-state index >= 15 is 0 Å². The van der Waals surface area contributed by atoms with Gasteiger partial charge in [-0.05, 0) is 11.1 Å². The maximum atomic E-state index is 11.7. The first-order valence-corrected chi connectivity index (χ1v) is 5.38. The van der Waals surface area contributed by atoms with Gasteiger partial charge >= 0.3 is 0 Å². The molecule has 0 spiro atoms. The molecule has 2 aromatic heterocycles. The lowest BCUT2D eigenvalue weighted by molar-refractivity contribution is 0.186. The van der Waals surface area contributed by atoms with Crippen molar-refractivity contribution in [2.24, 2.45) is 0 Å². The third-order valence-corrected chi connectivity index (χ3v) is 2.74. The van der Waals surface area contributed by atoms with Crippen LogP contribution in [-0.2, 0) is 0 Å². The van der Waals surface area contributed by atoms with Crippen LogP contribution in [0.5, 0.6) is 0 Å². The first kappa shape index (κ1) is 10.5. The predicted octanol–water partition coefficient (Wildman–Crippen LogP) is 1.70. The van der Waals surface area contributed by atoms with Crippen molar-refractivity contribution in [2.75, 3.05) is 0 Å². The molecule has 0 aliphatic heterocycles. The fourth-order valence-corrected chi connectivity index (χ4v) is 1.91. The van der Waals surface area contributed by atoms with Crippen molar-refractivity contribution >= 4 is 11.0 Å². The second kappa shape index (κ2) is 3.96. The molecule has 0 saturated carbocycles. The highest BCUT2D eigenvalue weighted by molar-refractivity contribution is 5.91. The van der Waals surface area contributed by atoms with Crippen molar-refractivity contribution in [2.45, 2.75) is 0 Å². The van der Waals surface area contributed by atoms with Crippen LogP contribution in [0.4, 0.5) is 0 Å². The van der Waals surface area contributed by atoms with Crippen LogP contribution in [0.2, 0.25) is 0 Å². The van der Waals surface area contributed by atoms with Gasteiger partial charge in [0.25, 0.3) is 5.56 Å². The number of fused-ring (bicyclic) bond motifs is 1. The lowest BCUT2D eigenvalue weighted by Gasteiger charge is -2.07. The van der Waals surface area contributed by atoms with Gasteiger partial charge in [-0.25, -0.2) is 9.97 Å². The summed E-state index contributed by atoms with van der Waals surface area (Å²) in [6, 6.07) is 10.8. The molecule has 0 bridgehead atoms. The van der Waals surface area contributed by atoms with E-state index in [1.807, 2.05) is 30.3 Å². The van der Waals surface area contributed by atoms with Gasteiger partial charge in [0, 0.05) is 17.6 Å². The predicted molar refractivity (Wildman–Crippen MR) is 66.4 cm³/mol. The molecule has 0 aliphatic rings. The lowest BCUT2D eigenvalue weighted by Crippen LogP contribution is -2.18. The molecule has 0 aliphatic carbocycles. The Labute approximate surface area is 102 Å². The second-order valence-corrected chi connectivity index (χ2v) is 3.83. The van der Waals surface area contributed by atoms with E-state index in [1.54, 1.807) is 6.20 Å². The Kier molecular flexibility index (Phi) is 2.30.